The Bertz CT molecular complexity index is 890. The van der Waals surface area contributed by atoms with Crippen LogP contribution in [0.4, 0.5) is 4.79 Å². The molecule has 0 spiro atoms. The number of fused-ring (bicyclic) bond motifs is 1. The molecule has 1 aromatic carbocycles. The number of primary amides is 1. The normalized spacial score (nSPS) is 27.4. The predicted molar refractivity (Wildman–Crippen MR) is 110 cm³/mol. The van der Waals surface area contributed by atoms with Gasteiger partial charge in [0.25, 0.3) is 0 Å². The molecule has 0 bridgehead atoms. The third-order valence-electron chi connectivity index (χ3n) is 6.18. The fourth-order valence-electron chi connectivity index (χ4n) is 4.73. The van der Waals surface area contributed by atoms with E-state index in [1.807, 2.05) is 6.92 Å². The fourth-order valence-corrected chi connectivity index (χ4v) is 4.73. The molecule has 168 valence electrons. The number of urea groups is 1. The summed E-state index contributed by atoms with van der Waals surface area (Å²) in [5.74, 6) is -4.34. The lowest BCUT2D eigenvalue weighted by atomic mass is 9.77. The first-order valence-corrected chi connectivity index (χ1v) is 10.4. The molecule has 10 nitrogen and oxygen atoms in total. The molecule has 2 saturated heterocycles. The van der Waals surface area contributed by atoms with E-state index < -0.39 is 47.2 Å². The van der Waals surface area contributed by atoms with Gasteiger partial charge in [0.1, 0.15) is 11.3 Å². The van der Waals surface area contributed by atoms with E-state index >= 15 is 0 Å². The Hall–Kier alpha value is -3.14. The van der Waals surface area contributed by atoms with Crippen LogP contribution in [0.3, 0.4) is 0 Å². The van der Waals surface area contributed by atoms with Gasteiger partial charge in [-0.1, -0.05) is 31.5 Å². The number of aromatic hydroxyl groups is 1. The van der Waals surface area contributed by atoms with Crippen LogP contribution in [0.15, 0.2) is 24.3 Å². The van der Waals surface area contributed by atoms with Crippen LogP contribution in [0.25, 0.3) is 0 Å². The maximum atomic E-state index is 13.3. The highest BCUT2D eigenvalue weighted by Gasteiger charge is 2.68. The van der Waals surface area contributed by atoms with E-state index in [1.54, 1.807) is 18.2 Å². The Kier molecular flexibility index (Phi) is 6.49. The predicted octanol–water partition coefficient (Wildman–Crippen LogP) is 0.710. The van der Waals surface area contributed by atoms with Gasteiger partial charge in [-0.3, -0.25) is 24.6 Å². The number of nitrogens with two attached hydrogens (primary N) is 1. The number of amides is 4. The average molecular weight is 432 g/mol. The number of rotatable bonds is 9. The van der Waals surface area contributed by atoms with Gasteiger partial charge < -0.3 is 21.3 Å². The second-order valence-corrected chi connectivity index (χ2v) is 8.04. The van der Waals surface area contributed by atoms with Crippen molar-refractivity contribution in [1.29, 1.82) is 0 Å². The van der Waals surface area contributed by atoms with Crippen molar-refractivity contribution in [2.24, 2.45) is 17.6 Å². The van der Waals surface area contributed by atoms with Gasteiger partial charge in [0.15, 0.2) is 0 Å². The molecule has 4 atom stereocenters. The number of carboxylic acids is 1. The number of likely N-dealkylation sites (tertiary alicyclic amines) is 1. The smallest absolute Gasteiger partial charge is 0.324 e. The molecule has 3 rings (SSSR count). The number of para-hydroxylation sites is 1. The highest BCUT2D eigenvalue weighted by molar-refractivity contribution is 6.09. The zero-order valence-corrected chi connectivity index (χ0v) is 17.3. The van der Waals surface area contributed by atoms with Gasteiger partial charge in [-0.05, 0) is 25.3 Å². The van der Waals surface area contributed by atoms with Crippen LogP contribution in [0, 0.1) is 11.8 Å². The third-order valence-corrected chi connectivity index (χ3v) is 6.18. The van der Waals surface area contributed by atoms with E-state index in [0.717, 1.165) is 11.3 Å². The maximum Gasteiger partial charge on any atom is 0.324 e. The monoisotopic (exact) mass is 432 g/mol. The van der Waals surface area contributed by atoms with Gasteiger partial charge in [0.05, 0.1) is 11.8 Å². The first-order chi connectivity index (χ1) is 14.7. The molecule has 10 heteroatoms. The number of carbonyl (C=O) groups excluding carboxylic acids is 3. The molecule has 0 radical (unpaired) electrons. The topological polar surface area (TPSA) is 162 Å². The van der Waals surface area contributed by atoms with Gasteiger partial charge in [0, 0.05) is 24.7 Å². The van der Waals surface area contributed by atoms with Crippen molar-refractivity contribution < 1.29 is 29.4 Å². The second-order valence-electron chi connectivity index (χ2n) is 8.04. The zero-order chi connectivity index (χ0) is 22.8. The van der Waals surface area contributed by atoms with Crippen molar-refractivity contribution in [3.05, 3.63) is 29.8 Å². The number of imide groups is 1. The lowest BCUT2D eigenvalue weighted by Gasteiger charge is -2.31. The molecule has 31 heavy (non-hydrogen) atoms. The molecule has 4 amide bonds. The van der Waals surface area contributed by atoms with Crippen molar-refractivity contribution in [1.82, 2.24) is 15.5 Å². The highest BCUT2D eigenvalue weighted by atomic mass is 16.4. The molecule has 1 aromatic rings. The van der Waals surface area contributed by atoms with E-state index in [1.165, 1.54) is 6.07 Å². The minimum absolute atomic E-state index is 0.00544. The number of phenols is 1. The minimum Gasteiger partial charge on any atom is -0.508 e. The summed E-state index contributed by atoms with van der Waals surface area (Å²) in [6, 6.07) is 4.81. The van der Waals surface area contributed by atoms with E-state index in [4.69, 9.17) is 5.73 Å². The van der Waals surface area contributed by atoms with Crippen LogP contribution < -0.4 is 16.4 Å². The van der Waals surface area contributed by atoms with E-state index in [-0.39, 0.29) is 31.7 Å². The zero-order valence-electron chi connectivity index (χ0n) is 17.3. The summed E-state index contributed by atoms with van der Waals surface area (Å²) in [6.45, 7) is 2.30. The summed E-state index contributed by atoms with van der Waals surface area (Å²) in [7, 11) is 0. The molecule has 0 saturated carbocycles. The number of phenolic OH excluding ortho intramolecular Hbond substituents is 1. The Balaban J connectivity index is 2.01. The third kappa shape index (κ3) is 3.95. The fraction of sp³-hybridized carbons (Fsp3) is 0.524. The Morgan fingerprint density at radius 3 is 2.55 bits per heavy atom. The molecule has 2 aliphatic rings. The Morgan fingerprint density at radius 2 is 1.94 bits per heavy atom. The first-order valence-electron chi connectivity index (χ1n) is 10.4. The second kappa shape index (κ2) is 8.93. The van der Waals surface area contributed by atoms with Gasteiger partial charge in [0.2, 0.25) is 11.8 Å². The first kappa shape index (κ1) is 22.5. The van der Waals surface area contributed by atoms with Crippen molar-refractivity contribution in [3.8, 4) is 5.75 Å². The van der Waals surface area contributed by atoms with Crippen molar-refractivity contribution in [2.45, 2.75) is 44.2 Å². The molecule has 2 fully saturated rings. The van der Waals surface area contributed by atoms with Crippen LogP contribution in [-0.4, -0.2) is 57.6 Å². The summed E-state index contributed by atoms with van der Waals surface area (Å²) in [5.41, 5.74) is 3.72. The summed E-state index contributed by atoms with van der Waals surface area (Å²) < 4.78 is 0. The average Bonchev–Trinajstić information content (AvgIpc) is 3.19. The quantitative estimate of drug-likeness (QED) is 0.283. The number of benzene rings is 1. The largest absolute Gasteiger partial charge is 0.508 e. The van der Waals surface area contributed by atoms with Crippen LogP contribution in [0.5, 0.6) is 5.75 Å². The Morgan fingerprint density at radius 1 is 1.23 bits per heavy atom. The Labute approximate surface area is 179 Å². The number of hydrogen-bond donors (Lipinski definition) is 5. The summed E-state index contributed by atoms with van der Waals surface area (Å²) in [4.78, 5) is 51.1. The number of nitrogens with one attached hydrogen (secondary N) is 2. The van der Waals surface area contributed by atoms with Crippen LogP contribution in [0.1, 0.15) is 44.2 Å². The van der Waals surface area contributed by atoms with Crippen LogP contribution >= 0.6 is 0 Å². The highest BCUT2D eigenvalue weighted by Crippen LogP contribution is 2.51. The molecule has 6 N–H and O–H groups in total. The number of aliphatic carboxylic acids is 1. The maximum absolute atomic E-state index is 13.3. The van der Waals surface area contributed by atoms with Crippen molar-refractivity contribution in [3.63, 3.8) is 0 Å². The van der Waals surface area contributed by atoms with Gasteiger partial charge >= 0.3 is 12.0 Å². The SMILES string of the molecule is CCCCN1C(=O)C2C(c3ccccc3O)NC(CCCNC(N)=O)(C(=O)O)C2C1=O. The molecule has 2 heterocycles. The lowest BCUT2D eigenvalue weighted by Crippen LogP contribution is -2.56. The summed E-state index contributed by atoms with van der Waals surface area (Å²) >= 11 is 0. The molecule has 0 aliphatic carbocycles. The minimum atomic E-state index is -1.72. The summed E-state index contributed by atoms with van der Waals surface area (Å²) in [5, 5.41) is 26.0. The molecule has 4 unspecified atom stereocenters. The lowest BCUT2D eigenvalue weighted by molar-refractivity contribution is -0.151. The van der Waals surface area contributed by atoms with Gasteiger partial charge in [-0.2, -0.15) is 0 Å². The number of nitrogens with zero attached hydrogens (tertiary/aromatic N) is 1. The standard InChI is InChI=1S/C21H28N4O6/c1-2-3-11-25-17(27)14-15(18(25)28)21(19(29)30,9-6-10-23-20(22)31)24-16(14)12-7-4-5-8-13(12)26/h4-5,7-8,14-16,24,26H,2-3,6,9-11H2,1H3,(H,29,30)(H3,22,23,31). The number of carboxylic acid groups (broad SMARTS) is 1. The van der Waals surface area contributed by atoms with Crippen molar-refractivity contribution in [2.75, 3.05) is 13.1 Å². The number of hydrogen-bond acceptors (Lipinski definition) is 6. The summed E-state index contributed by atoms with van der Waals surface area (Å²) in [6.07, 6.45) is 1.62. The molecular weight excluding hydrogens is 404 g/mol. The molecule has 2 aliphatic heterocycles. The van der Waals surface area contributed by atoms with Crippen LogP contribution in [-0.2, 0) is 14.4 Å². The molecular formula is C21H28N4O6. The van der Waals surface area contributed by atoms with E-state index in [2.05, 4.69) is 10.6 Å². The van der Waals surface area contributed by atoms with E-state index in [0.29, 0.717) is 12.0 Å². The van der Waals surface area contributed by atoms with Gasteiger partial charge in [-0.15, -0.1) is 0 Å². The number of unbranched alkanes of at least 4 members (excludes halogenated alkanes) is 1. The number of carbonyl (C=O) groups is 4. The van der Waals surface area contributed by atoms with Crippen molar-refractivity contribution >= 4 is 23.8 Å². The van der Waals surface area contributed by atoms with Gasteiger partial charge in [-0.25, -0.2) is 4.79 Å². The van der Waals surface area contributed by atoms with Crippen LogP contribution in [0.2, 0.25) is 0 Å². The van der Waals surface area contributed by atoms with E-state index in [9.17, 15) is 29.4 Å². The molecule has 0 aromatic heterocycles.